The molecule has 0 aromatic rings. The minimum Gasteiger partial charge on any atom is -0.469 e. The van der Waals surface area contributed by atoms with Crippen LogP contribution in [0, 0.1) is 17.8 Å². The van der Waals surface area contributed by atoms with E-state index in [0.717, 1.165) is 6.42 Å². The first-order chi connectivity index (χ1) is 7.04. The number of hydrogen-bond acceptors (Lipinski definition) is 5. The summed E-state index contributed by atoms with van der Waals surface area (Å²) in [6, 6.07) is 0. The van der Waals surface area contributed by atoms with Crippen LogP contribution in [-0.4, -0.2) is 31.7 Å². The van der Waals surface area contributed by atoms with Gasteiger partial charge in [0, 0.05) is 5.92 Å². The van der Waals surface area contributed by atoms with Gasteiger partial charge in [0.2, 0.25) is 0 Å². The normalized spacial score (nSPS) is 41.9. The van der Waals surface area contributed by atoms with Gasteiger partial charge in [-0.25, -0.2) is 0 Å². The molecule has 3 aliphatic rings. The number of fused-ring (bicyclic) bond motifs is 1. The number of methoxy groups -OCH3 is 2. The fourth-order valence-corrected chi connectivity index (χ4v) is 3.00. The molecule has 0 heterocycles. The van der Waals surface area contributed by atoms with E-state index >= 15 is 0 Å². The van der Waals surface area contributed by atoms with Crippen molar-refractivity contribution in [2.45, 2.75) is 18.4 Å². The van der Waals surface area contributed by atoms with Gasteiger partial charge in [-0.1, -0.05) is 0 Å². The molecule has 0 aliphatic heterocycles. The van der Waals surface area contributed by atoms with Crippen LogP contribution < -0.4 is 5.73 Å². The summed E-state index contributed by atoms with van der Waals surface area (Å²) >= 11 is 0. The van der Waals surface area contributed by atoms with Gasteiger partial charge in [0.15, 0.2) is 0 Å². The molecular formula is C10H15NO4. The van der Waals surface area contributed by atoms with Crippen LogP contribution in [-0.2, 0) is 19.1 Å². The molecule has 4 atom stereocenters. The van der Waals surface area contributed by atoms with Gasteiger partial charge in [-0.15, -0.1) is 0 Å². The standard InChI is InChI=1S/C10H15NO4/c1-14-8(12)7-5-3-6(7)10(11,4-5)9(13)15-2/h5-7H,3-4,11H2,1-2H3/t5-,6-,7+,10-/m0/s1. The van der Waals surface area contributed by atoms with Gasteiger partial charge in [0.1, 0.15) is 5.54 Å². The van der Waals surface area contributed by atoms with E-state index in [2.05, 4.69) is 4.74 Å². The van der Waals surface area contributed by atoms with Crippen LogP contribution in [0.3, 0.4) is 0 Å². The maximum absolute atomic E-state index is 11.5. The molecule has 3 saturated carbocycles. The van der Waals surface area contributed by atoms with Gasteiger partial charge in [-0.05, 0) is 18.8 Å². The number of rotatable bonds is 2. The molecule has 0 saturated heterocycles. The van der Waals surface area contributed by atoms with Crippen LogP contribution in [0.4, 0.5) is 0 Å². The van der Waals surface area contributed by atoms with Gasteiger partial charge < -0.3 is 15.2 Å². The Balaban J connectivity index is 2.16. The van der Waals surface area contributed by atoms with E-state index in [0.29, 0.717) is 6.42 Å². The van der Waals surface area contributed by atoms with Crippen molar-refractivity contribution in [3.63, 3.8) is 0 Å². The van der Waals surface area contributed by atoms with Crippen molar-refractivity contribution in [2.24, 2.45) is 23.5 Å². The maximum atomic E-state index is 11.5. The smallest absolute Gasteiger partial charge is 0.326 e. The van der Waals surface area contributed by atoms with Crippen molar-refractivity contribution >= 4 is 11.9 Å². The van der Waals surface area contributed by atoms with Crippen LogP contribution in [0.15, 0.2) is 0 Å². The van der Waals surface area contributed by atoms with Crippen molar-refractivity contribution in [1.82, 2.24) is 0 Å². The van der Waals surface area contributed by atoms with E-state index in [4.69, 9.17) is 10.5 Å². The third kappa shape index (κ3) is 1.19. The summed E-state index contributed by atoms with van der Waals surface area (Å²) in [5.41, 5.74) is 5.02. The Morgan fingerprint density at radius 1 is 1.33 bits per heavy atom. The van der Waals surface area contributed by atoms with E-state index in [9.17, 15) is 9.59 Å². The fourth-order valence-electron chi connectivity index (χ4n) is 3.00. The van der Waals surface area contributed by atoms with Crippen molar-refractivity contribution in [2.75, 3.05) is 14.2 Å². The Hall–Kier alpha value is -1.10. The highest BCUT2D eigenvalue weighted by Crippen LogP contribution is 2.58. The molecule has 0 unspecified atom stereocenters. The first-order valence-corrected chi connectivity index (χ1v) is 4.99. The molecule has 5 heteroatoms. The summed E-state index contributed by atoms with van der Waals surface area (Å²) in [5, 5.41) is 0. The van der Waals surface area contributed by atoms with Crippen LogP contribution in [0.2, 0.25) is 0 Å². The van der Waals surface area contributed by atoms with Gasteiger partial charge >= 0.3 is 11.9 Å². The first kappa shape index (κ1) is 10.4. The lowest BCUT2D eigenvalue weighted by Gasteiger charge is -2.36. The SMILES string of the molecule is COC(=O)[C@@H]1[C@H]2C[C@@H]1[C@](N)(C(=O)OC)C2. The Labute approximate surface area is 87.9 Å². The predicted octanol–water partition coefficient (Wildman–Crippen LogP) is -0.314. The molecule has 0 amide bonds. The summed E-state index contributed by atoms with van der Waals surface area (Å²) in [6.45, 7) is 0. The number of carbonyl (C=O) groups is 2. The van der Waals surface area contributed by atoms with Crippen molar-refractivity contribution in [3.8, 4) is 0 Å². The number of carbonyl (C=O) groups excluding carboxylic acids is 2. The van der Waals surface area contributed by atoms with Crippen molar-refractivity contribution < 1.29 is 19.1 Å². The minimum absolute atomic E-state index is 0.109. The van der Waals surface area contributed by atoms with Gasteiger partial charge in [0.05, 0.1) is 20.1 Å². The maximum Gasteiger partial charge on any atom is 0.326 e. The molecule has 3 aliphatic carbocycles. The Morgan fingerprint density at radius 2 is 2.00 bits per heavy atom. The molecule has 0 spiro atoms. The largest absolute Gasteiger partial charge is 0.469 e. The molecule has 0 aromatic heterocycles. The molecular weight excluding hydrogens is 198 g/mol. The monoisotopic (exact) mass is 213 g/mol. The number of ether oxygens (including phenoxy) is 2. The molecule has 0 aromatic carbocycles. The van der Waals surface area contributed by atoms with Crippen molar-refractivity contribution in [1.29, 1.82) is 0 Å². The molecule has 5 nitrogen and oxygen atoms in total. The number of esters is 2. The molecule has 0 radical (unpaired) electrons. The van der Waals surface area contributed by atoms with Gasteiger partial charge in [-0.3, -0.25) is 9.59 Å². The van der Waals surface area contributed by atoms with E-state index in [-0.39, 0.29) is 23.7 Å². The third-order valence-electron chi connectivity index (χ3n) is 3.80. The first-order valence-electron chi connectivity index (χ1n) is 4.99. The highest BCUT2D eigenvalue weighted by Gasteiger charge is 2.66. The molecule has 3 rings (SSSR count). The Bertz CT molecular complexity index is 317. The van der Waals surface area contributed by atoms with E-state index in [1.54, 1.807) is 0 Å². The zero-order valence-corrected chi connectivity index (χ0v) is 8.86. The van der Waals surface area contributed by atoms with Crippen LogP contribution in [0.1, 0.15) is 12.8 Å². The van der Waals surface area contributed by atoms with Crippen molar-refractivity contribution in [3.05, 3.63) is 0 Å². The second-order valence-electron chi connectivity index (χ2n) is 4.39. The highest BCUT2D eigenvalue weighted by molar-refractivity contribution is 5.86. The average molecular weight is 213 g/mol. The third-order valence-corrected chi connectivity index (χ3v) is 3.80. The summed E-state index contributed by atoms with van der Waals surface area (Å²) in [7, 11) is 2.68. The molecule has 2 N–H and O–H groups in total. The lowest BCUT2D eigenvalue weighted by molar-refractivity contribution is -0.156. The lowest BCUT2D eigenvalue weighted by atomic mass is 9.69. The summed E-state index contributed by atoms with van der Waals surface area (Å²) in [6.07, 6.45) is 1.36. The van der Waals surface area contributed by atoms with Crippen LogP contribution in [0.25, 0.3) is 0 Å². The molecule has 3 fully saturated rings. The summed E-state index contributed by atoms with van der Waals surface area (Å²) in [5.74, 6) is -0.804. The van der Waals surface area contributed by atoms with E-state index in [1.807, 2.05) is 0 Å². The fraction of sp³-hybridized carbons (Fsp3) is 0.800. The zero-order valence-electron chi connectivity index (χ0n) is 8.86. The zero-order chi connectivity index (χ0) is 11.2. The minimum atomic E-state index is -0.974. The van der Waals surface area contributed by atoms with Crippen LogP contribution >= 0.6 is 0 Å². The number of hydrogen-bond donors (Lipinski definition) is 1. The lowest BCUT2D eigenvalue weighted by Crippen LogP contribution is -2.53. The topological polar surface area (TPSA) is 78.6 Å². The van der Waals surface area contributed by atoms with Gasteiger partial charge in [-0.2, -0.15) is 0 Å². The molecule has 2 bridgehead atoms. The summed E-state index contributed by atoms with van der Waals surface area (Å²) < 4.78 is 9.37. The number of nitrogens with two attached hydrogens (primary N) is 1. The average Bonchev–Trinajstić information content (AvgIpc) is 2.69. The van der Waals surface area contributed by atoms with Crippen LogP contribution in [0.5, 0.6) is 0 Å². The Kier molecular flexibility index (Phi) is 2.22. The van der Waals surface area contributed by atoms with E-state index in [1.165, 1.54) is 14.2 Å². The van der Waals surface area contributed by atoms with Gasteiger partial charge in [0.25, 0.3) is 0 Å². The molecule has 84 valence electrons. The predicted molar refractivity (Wildman–Crippen MR) is 50.7 cm³/mol. The quantitative estimate of drug-likeness (QED) is 0.636. The highest BCUT2D eigenvalue weighted by atomic mass is 16.5. The summed E-state index contributed by atoms with van der Waals surface area (Å²) in [4.78, 5) is 23.0. The molecule has 15 heavy (non-hydrogen) atoms. The Morgan fingerprint density at radius 3 is 2.53 bits per heavy atom. The second kappa shape index (κ2) is 3.20. The van der Waals surface area contributed by atoms with E-state index < -0.39 is 11.5 Å². The second-order valence-corrected chi connectivity index (χ2v) is 4.39.